The molecule has 2 N–H and O–H groups in total. The Labute approximate surface area is 178 Å². The number of carbonyl (C=O) groups excluding carboxylic acids is 1. The van der Waals surface area contributed by atoms with Crippen molar-refractivity contribution in [2.75, 3.05) is 18.5 Å². The van der Waals surface area contributed by atoms with Crippen molar-refractivity contribution in [2.24, 2.45) is 0 Å². The van der Waals surface area contributed by atoms with Gasteiger partial charge in [-0.3, -0.25) is 4.79 Å². The third kappa shape index (κ3) is 6.74. The third-order valence-corrected chi connectivity index (χ3v) is 5.76. The first-order chi connectivity index (χ1) is 14.3. The van der Waals surface area contributed by atoms with Gasteiger partial charge in [0.05, 0.1) is 18.1 Å². The van der Waals surface area contributed by atoms with Crippen molar-refractivity contribution >= 4 is 21.6 Å². The lowest BCUT2D eigenvalue weighted by molar-refractivity contribution is -0.114. The minimum absolute atomic E-state index is 0.119. The number of ether oxygens (including phenoxy) is 2. The lowest BCUT2D eigenvalue weighted by Gasteiger charge is -2.18. The second-order valence-corrected chi connectivity index (χ2v) is 8.67. The van der Waals surface area contributed by atoms with Crippen molar-refractivity contribution in [1.29, 1.82) is 0 Å². The van der Waals surface area contributed by atoms with Gasteiger partial charge in [0.2, 0.25) is 15.9 Å². The molecule has 0 fully saturated rings. The fourth-order valence-corrected chi connectivity index (χ4v) is 3.97. The molecule has 164 valence electrons. The topological polar surface area (TPSA) is 93.7 Å². The smallest absolute Gasteiger partial charge is 0.241 e. The van der Waals surface area contributed by atoms with E-state index in [1.165, 1.54) is 19.1 Å². The molecule has 2 aromatic rings. The number of hydrogen-bond donors (Lipinski definition) is 2. The zero-order valence-corrected chi connectivity index (χ0v) is 18.7. The average Bonchev–Trinajstić information content (AvgIpc) is 2.70. The quantitative estimate of drug-likeness (QED) is 0.551. The van der Waals surface area contributed by atoms with E-state index in [-0.39, 0.29) is 10.8 Å². The SMILES string of the molecule is CCCOc1ccc(C(C)NS(=O)(=O)c2ccc(NC(C)=O)cc2)cc1OCCC. The Balaban J connectivity index is 2.18. The largest absolute Gasteiger partial charge is 0.490 e. The molecule has 0 aromatic heterocycles. The van der Waals surface area contributed by atoms with E-state index in [0.717, 1.165) is 18.4 Å². The van der Waals surface area contributed by atoms with Crippen LogP contribution in [0.15, 0.2) is 47.4 Å². The Hall–Kier alpha value is -2.58. The van der Waals surface area contributed by atoms with Crippen molar-refractivity contribution < 1.29 is 22.7 Å². The summed E-state index contributed by atoms with van der Waals surface area (Å²) in [6.07, 6.45) is 1.74. The summed E-state index contributed by atoms with van der Waals surface area (Å²) in [7, 11) is -3.74. The molecule has 0 aliphatic rings. The number of hydrogen-bond acceptors (Lipinski definition) is 5. The molecule has 7 nitrogen and oxygen atoms in total. The molecule has 30 heavy (non-hydrogen) atoms. The standard InChI is InChI=1S/C22H30N2O5S/c1-5-13-28-21-12-7-18(15-22(21)29-14-6-2)16(3)24-30(26,27)20-10-8-19(9-11-20)23-17(4)25/h7-12,15-16,24H,5-6,13-14H2,1-4H3,(H,23,25). The van der Waals surface area contributed by atoms with Crippen molar-refractivity contribution in [2.45, 2.75) is 51.5 Å². The van der Waals surface area contributed by atoms with Crippen molar-refractivity contribution in [1.82, 2.24) is 4.72 Å². The molecule has 1 amide bonds. The maximum atomic E-state index is 12.8. The summed E-state index contributed by atoms with van der Waals surface area (Å²) in [5.74, 6) is 1.04. The first kappa shape index (κ1) is 23.7. The van der Waals surface area contributed by atoms with Crippen LogP contribution >= 0.6 is 0 Å². The third-order valence-electron chi connectivity index (χ3n) is 4.21. The van der Waals surface area contributed by atoms with Crippen LogP contribution in [-0.4, -0.2) is 27.5 Å². The summed E-state index contributed by atoms with van der Waals surface area (Å²) in [5, 5.41) is 2.61. The number of anilines is 1. The van der Waals surface area contributed by atoms with Crippen LogP contribution in [0.2, 0.25) is 0 Å². The lowest BCUT2D eigenvalue weighted by Crippen LogP contribution is -2.27. The van der Waals surface area contributed by atoms with Crippen LogP contribution in [0.3, 0.4) is 0 Å². The van der Waals surface area contributed by atoms with Crippen LogP contribution in [0, 0.1) is 0 Å². The first-order valence-electron chi connectivity index (χ1n) is 10.1. The van der Waals surface area contributed by atoms with Crippen LogP contribution in [0.1, 0.15) is 52.1 Å². The summed E-state index contributed by atoms with van der Waals surface area (Å²) in [6, 6.07) is 11.0. The van der Waals surface area contributed by atoms with Crippen molar-refractivity contribution in [3.05, 3.63) is 48.0 Å². The molecular formula is C22H30N2O5S. The molecule has 0 saturated carbocycles. The predicted molar refractivity (Wildman–Crippen MR) is 117 cm³/mol. The number of carbonyl (C=O) groups is 1. The van der Waals surface area contributed by atoms with E-state index in [0.29, 0.717) is 30.4 Å². The Morgan fingerprint density at radius 3 is 2.13 bits per heavy atom. The highest BCUT2D eigenvalue weighted by Crippen LogP contribution is 2.31. The van der Waals surface area contributed by atoms with Crippen LogP contribution in [0.5, 0.6) is 11.5 Å². The average molecular weight is 435 g/mol. The highest BCUT2D eigenvalue weighted by molar-refractivity contribution is 7.89. The second-order valence-electron chi connectivity index (χ2n) is 6.95. The van der Waals surface area contributed by atoms with Gasteiger partial charge in [0.1, 0.15) is 0 Å². The minimum Gasteiger partial charge on any atom is -0.490 e. The summed E-state index contributed by atoms with van der Waals surface area (Å²) >= 11 is 0. The number of sulfonamides is 1. The van der Waals surface area contributed by atoms with E-state index in [1.807, 2.05) is 32.0 Å². The van der Waals surface area contributed by atoms with Gasteiger partial charge in [-0.15, -0.1) is 0 Å². The van der Waals surface area contributed by atoms with Crippen LogP contribution < -0.4 is 19.5 Å². The Kier molecular flexibility index (Phi) is 8.68. The molecule has 0 saturated heterocycles. The maximum absolute atomic E-state index is 12.8. The van der Waals surface area contributed by atoms with Gasteiger partial charge in [0.15, 0.2) is 11.5 Å². The van der Waals surface area contributed by atoms with Gasteiger partial charge in [0.25, 0.3) is 0 Å². The molecular weight excluding hydrogens is 404 g/mol. The second kappa shape index (κ2) is 11.0. The summed E-state index contributed by atoms with van der Waals surface area (Å²) in [4.78, 5) is 11.2. The normalized spacial score (nSPS) is 12.3. The molecule has 0 radical (unpaired) electrons. The number of rotatable bonds is 11. The van der Waals surface area contributed by atoms with Crippen molar-refractivity contribution in [3.8, 4) is 11.5 Å². The minimum atomic E-state index is -3.74. The van der Waals surface area contributed by atoms with E-state index >= 15 is 0 Å². The first-order valence-corrected chi connectivity index (χ1v) is 11.5. The fraction of sp³-hybridized carbons (Fsp3) is 0.409. The van der Waals surface area contributed by atoms with E-state index in [4.69, 9.17) is 9.47 Å². The van der Waals surface area contributed by atoms with Crippen LogP contribution in [0.25, 0.3) is 0 Å². The number of nitrogens with one attached hydrogen (secondary N) is 2. The lowest BCUT2D eigenvalue weighted by atomic mass is 10.1. The van der Waals surface area contributed by atoms with Crippen LogP contribution in [-0.2, 0) is 14.8 Å². The highest BCUT2D eigenvalue weighted by atomic mass is 32.2. The van der Waals surface area contributed by atoms with Gasteiger partial charge < -0.3 is 14.8 Å². The maximum Gasteiger partial charge on any atom is 0.241 e. The zero-order valence-electron chi connectivity index (χ0n) is 17.9. The summed E-state index contributed by atoms with van der Waals surface area (Å²) in [6.45, 7) is 8.34. The fourth-order valence-electron chi connectivity index (χ4n) is 2.74. The van der Waals surface area contributed by atoms with Crippen LogP contribution in [0.4, 0.5) is 5.69 Å². The van der Waals surface area contributed by atoms with E-state index < -0.39 is 16.1 Å². The van der Waals surface area contributed by atoms with Gasteiger partial charge >= 0.3 is 0 Å². The highest BCUT2D eigenvalue weighted by Gasteiger charge is 2.20. The van der Waals surface area contributed by atoms with E-state index in [1.54, 1.807) is 19.1 Å². The van der Waals surface area contributed by atoms with E-state index in [9.17, 15) is 13.2 Å². The van der Waals surface area contributed by atoms with Gasteiger partial charge in [-0.25, -0.2) is 13.1 Å². The molecule has 0 spiro atoms. The molecule has 0 heterocycles. The molecule has 1 unspecified atom stereocenters. The zero-order chi connectivity index (χ0) is 22.1. The molecule has 2 rings (SSSR count). The Morgan fingerprint density at radius 2 is 1.57 bits per heavy atom. The number of amides is 1. The molecule has 0 aliphatic heterocycles. The molecule has 0 aliphatic carbocycles. The molecule has 0 bridgehead atoms. The molecule has 8 heteroatoms. The Bertz CT molecular complexity index is 943. The molecule has 2 aromatic carbocycles. The number of benzene rings is 2. The van der Waals surface area contributed by atoms with Gasteiger partial charge in [-0.2, -0.15) is 0 Å². The molecule has 1 atom stereocenters. The summed E-state index contributed by atoms with van der Waals surface area (Å²) < 4.78 is 39.7. The van der Waals surface area contributed by atoms with Gasteiger partial charge in [-0.1, -0.05) is 19.9 Å². The summed E-state index contributed by atoms with van der Waals surface area (Å²) in [5.41, 5.74) is 1.30. The van der Waals surface area contributed by atoms with Crippen molar-refractivity contribution in [3.63, 3.8) is 0 Å². The monoisotopic (exact) mass is 434 g/mol. The van der Waals surface area contributed by atoms with E-state index in [2.05, 4.69) is 10.0 Å². The predicted octanol–water partition coefficient (Wildman–Crippen LogP) is 4.26. The van der Waals surface area contributed by atoms with Gasteiger partial charge in [0, 0.05) is 18.7 Å². The Morgan fingerprint density at radius 1 is 0.967 bits per heavy atom. The van der Waals surface area contributed by atoms with Gasteiger partial charge in [-0.05, 0) is 61.7 Å².